The summed E-state index contributed by atoms with van der Waals surface area (Å²) in [6.07, 6.45) is 4.01. The van der Waals surface area contributed by atoms with Crippen LogP contribution < -0.4 is 0 Å². The molecule has 3 rings (SSSR count). The van der Waals surface area contributed by atoms with E-state index in [4.69, 9.17) is 13.9 Å². The largest absolute Gasteiger partial charge is 0.465 e. The third-order valence-corrected chi connectivity index (χ3v) is 5.23. The van der Waals surface area contributed by atoms with Crippen molar-refractivity contribution in [3.05, 3.63) is 18.4 Å². The molecule has 0 unspecified atom stereocenters. The van der Waals surface area contributed by atoms with E-state index < -0.39 is 5.41 Å². The predicted octanol–water partition coefficient (Wildman–Crippen LogP) is 0.709. The van der Waals surface area contributed by atoms with Gasteiger partial charge in [0.15, 0.2) is 12.1 Å². The second kappa shape index (κ2) is 8.51. The van der Waals surface area contributed by atoms with Crippen LogP contribution in [0.4, 0.5) is 0 Å². The van der Waals surface area contributed by atoms with E-state index >= 15 is 0 Å². The molecule has 0 atom stereocenters. The van der Waals surface area contributed by atoms with E-state index in [1.165, 1.54) is 19.6 Å². The highest BCUT2D eigenvalue weighted by atomic mass is 16.5. The molecule has 27 heavy (non-hydrogen) atoms. The first-order valence-corrected chi connectivity index (χ1v) is 9.15. The number of hydrogen-bond donors (Lipinski definition) is 0. The molecule has 2 saturated heterocycles. The van der Waals surface area contributed by atoms with Gasteiger partial charge in [0.2, 0.25) is 5.91 Å². The fraction of sp³-hybridized carbons (Fsp3) is 0.667. The molecule has 2 aliphatic heterocycles. The van der Waals surface area contributed by atoms with Gasteiger partial charge in [0.1, 0.15) is 6.26 Å². The summed E-state index contributed by atoms with van der Waals surface area (Å²) in [4.78, 5) is 43.9. The summed E-state index contributed by atoms with van der Waals surface area (Å²) in [6, 6.07) is 0. The number of oxazole rings is 1. The van der Waals surface area contributed by atoms with Gasteiger partial charge in [-0.1, -0.05) is 0 Å². The maximum Gasteiger partial charge on any atom is 0.302 e. The first-order valence-electron chi connectivity index (χ1n) is 9.15. The SMILES string of the molecule is CC(=O)OCC1(CC(=O)N2CCOCC2)CCN(C(=O)c2cocn2)CC1. The molecule has 1 aromatic rings. The van der Waals surface area contributed by atoms with E-state index in [1.54, 1.807) is 9.80 Å². The van der Waals surface area contributed by atoms with Crippen molar-refractivity contribution in [1.29, 1.82) is 0 Å². The fourth-order valence-electron chi connectivity index (χ4n) is 3.54. The lowest BCUT2D eigenvalue weighted by molar-refractivity contribution is -0.150. The number of aromatic nitrogens is 1. The molecule has 0 N–H and O–H groups in total. The number of rotatable bonds is 5. The van der Waals surface area contributed by atoms with Gasteiger partial charge in [-0.3, -0.25) is 14.4 Å². The average molecular weight is 379 g/mol. The molecule has 3 heterocycles. The summed E-state index contributed by atoms with van der Waals surface area (Å²) in [6.45, 7) is 4.75. The molecule has 1 aromatic heterocycles. The van der Waals surface area contributed by atoms with Gasteiger partial charge in [-0.2, -0.15) is 0 Å². The molecule has 2 fully saturated rings. The number of amides is 2. The fourth-order valence-corrected chi connectivity index (χ4v) is 3.54. The number of nitrogens with zero attached hydrogens (tertiary/aromatic N) is 3. The highest BCUT2D eigenvalue weighted by Crippen LogP contribution is 2.36. The Balaban J connectivity index is 1.64. The molecule has 2 amide bonds. The van der Waals surface area contributed by atoms with E-state index in [1.807, 2.05) is 0 Å². The van der Waals surface area contributed by atoms with Gasteiger partial charge in [-0.05, 0) is 12.8 Å². The Kier molecular flexibility index (Phi) is 6.10. The monoisotopic (exact) mass is 379 g/mol. The molecule has 0 saturated carbocycles. The molecule has 148 valence electrons. The Bertz CT molecular complexity index is 661. The lowest BCUT2D eigenvalue weighted by Gasteiger charge is -2.42. The van der Waals surface area contributed by atoms with Crippen LogP contribution in [-0.2, 0) is 19.1 Å². The van der Waals surface area contributed by atoms with Crippen LogP contribution in [0.3, 0.4) is 0 Å². The second-order valence-corrected chi connectivity index (χ2v) is 7.12. The van der Waals surface area contributed by atoms with Crippen molar-refractivity contribution >= 4 is 17.8 Å². The molecular weight excluding hydrogens is 354 g/mol. The average Bonchev–Trinajstić information content (AvgIpc) is 3.22. The number of carbonyl (C=O) groups excluding carboxylic acids is 3. The Morgan fingerprint density at radius 2 is 1.85 bits per heavy atom. The lowest BCUT2D eigenvalue weighted by Crippen LogP contribution is -2.49. The standard InChI is InChI=1S/C18H25N3O6/c1-14(22)27-12-18(10-16(23)20-6-8-25-9-7-20)2-4-21(5-3-18)17(24)15-11-26-13-19-15/h11,13H,2-10,12H2,1H3. The highest BCUT2D eigenvalue weighted by Gasteiger charge is 2.40. The van der Waals surface area contributed by atoms with Crippen LogP contribution in [0.25, 0.3) is 0 Å². The summed E-state index contributed by atoms with van der Waals surface area (Å²) >= 11 is 0. The van der Waals surface area contributed by atoms with Gasteiger partial charge < -0.3 is 23.7 Å². The van der Waals surface area contributed by atoms with Gasteiger partial charge in [0.05, 0.1) is 19.8 Å². The van der Waals surface area contributed by atoms with Crippen molar-refractivity contribution in [2.75, 3.05) is 46.0 Å². The van der Waals surface area contributed by atoms with Gasteiger partial charge >= 0.3 is 5.97 Å². The summed E-state index contributed by atoms with van der Waals surface area (Å²) in [5.41, 5.74) is -0.186. The Labute approximate surface area is 157 Å². The van der Waals surface area contributed by atoms with Crippen molar-refractivity contribution in [3.63, 3.8) is 0 Å². The smallest absolute Gasteiger partial charge is 0.302 e. The predicted molar refractivity (Wildman–Crippen MR) is 92.7 cm³/mol. The van der Waals surface area contributed by atoms with Gasteiger partial charge in [-0.15, -0.1) is 0 Å². The first-order chi connectivity index (χ1) is 13.0. The molecule has 9 nitrogen and oxygen atoms in total. The topological polar surface area (TPSA) is 102 Å². The van der Waals surface area contributed by atoms with Crippen LogP contribution >= 0.6 is 0 Å². The lowest BCUT2D eigenvalue weighted by atomic mass is 9.75. The Hall–Kier alpha value is -2.42. The zero-order chi connectivity index (χ0) is 19.3. The van der Waals surface area contributed by atoms with Crippen molar-refractivity contribution in [2.45, 2.75) is 26.2 Å². The number of morpholine rings is 1. The number of carbonyl (C=O) groups is 3. The Morgan fingerprint density at radius 3 is 2.44 bits per heavy atom. The molecule has 0 aliphatic carbocycles. The first kappa shape index (κ1) is 19.3. The van der Waals surface area contributed by atoms with E-state index in [0.717, 1.165) is 0 Å². The van der Waals surface area contributed by atoms with Gasteiger partial charge in [0, 0.05) is 44.9 Å². The normalized spacial score (nSPS) is 19.6. The van der Waals surface area contributed by atoms with Crippen LogP contribution in [-0.4, -0.2) is 78.6 Å². The molecule has 2 aliphatic rings. The van der Waals surface area contributed by atoms with Crippen molar-refractivity contribution in [3.8, 4) is 0 Å². The van der Waals surface area contributed by atoms with Crippen molar-refractivity contribution in [2.24, 2.45) is 5.41 Å². The van der Waals surface area contributed by atoms with Crippen LogP contribution in [0.1, 0.15) is 36.7 Å². The third-order valence-electron chi connectivity index (χ3n) is 5.23. The molecule has 9 heteroatoms. The van der Waals surface area contributed by atoms with Crippen LogP contribution in [0, 0.1) is 5.41 Å². The Morgan fingerprint density at radius 1 is 1.15 bits per heavy atom. The van der Waals surface area contributed by atoms with E-state index in [9.17, 15) is 14.4 Å². The molecule has 0 spiro atoms. The zero-order valence-electron chi connectivity index (χ0n) is 15.5. The van der Waals surface area contributed by atoms with Crippen LogP contribution in [0.5, 0.6) is 0 Å². The number of hydrogen-bond acceptors (Lipinski definition) is 7. The molecule has 0 bridgehead atoms. The number of ether oxygens (including phenoxy) is 2. The minimum atomic E-state index is -0.457. The van der Waals surface area contributed by atoms with Crippen LogP contribution in [0.2, 0.25) is 0 Å². The summed E-state index contributed by atoms with van der Waals surface area (Å²) in [5, 5.41) is 0. The molecular formula is C18H25N3O6. The van der Waals surface area contributed by atoms with Gasteiger partial charge in [0.25, 0.3) is 5.91 Å². The number of esters is 1. The van der Waals surface area contributed by atoms with Crippen molar-refractivity contribution < 1.29 is 28.3 Å². The number of piperidine rings is 1. The van der Waals surface area contributed by atoms with Crippen LogP contribution in [0.15, 0.2) is 17.1 Å². The zero-order valence-corrected chi connectivity index (χ0v) is 15.5. The molecule has 0 radical (unpaired) electrons. The maximum absolute atomic E-state index is 12.7. The number of likely N-dealkylation sites (tertiary alicyclic amines) is 1. The van der Waals surface area contributed by atoms with E-state index in [2.05, 4.69) is 4.98 Å². The van der Waals surface area contributed by atoms with Gasteiger partial charge in [-0.25, -0.2) is 4.98 Å². The summed E-state index contributed by atoms with van der Waals surface area (Å²) in [7, 11) is 0. The second-order valence-electron chi connectivity index (χ2n) is 7.12. The third kappa shape index (κ3) is 4.85. The summed E-state index contributed by atoms with van der Waals surface area (Å²) < 4.78 is 15.5. The van der Waals surface area contributed by atoms with Crippen molar-refractivity contribution in [1.82, 2.24) is 14.8 Å². The highest BCUT2D eigenvalue weighted by molar-refractivity contribution is 5.92. The molecule has 0 aromatic carbocycles. The van der Waals surface area contributed by atoms with E-state index in [-0.39, 0.29) is 30.1 Å². The summed E-state index contributed by atoms with van der Waals surface area (Å²) in [5.74, 6) is -0.514. The van der Waals surface area contributed by atoms with E-state index in [0.29, 0.717) is 58.7 Å². The minimum Gasteiger partial charge on any atom is -0.465 e. The minimum absolute atomic E-state index is 0.0433. The maximum atomic E-state index is 12.7. The quantitative estimate of drug-likeness (QED) is 0.694.